The van der Waals surface area contributed by atoms with Crippen LogP contribution >= 0.6 is 0 Å². The third kappa shape index (κ3) is 5.26. The first-order valence-electron chi connectivity index (χ1n) is 10.8. The van der Waals surface area contributed by atoms with Crippen molar-refractivity contribution in [1.82, 2.24) is 10.3 Å². The van der Waals surface area contributed by atoms with E-state index in [1.54, 1.807) is 25.3 Å². The van der Waals surface area contributed by atoms with Crippen molar-refractivity contribution in [2.45, 2.75) is 32.8 Å². The number of hydrogen-bond acceptors (Lipinski definition) is 7. The van der Waals surface area contributed by atoms with Gasteiger partial charge < -0.3 is 32.2 Å². The van der Waals surface area contributed by atoms with Crippen LogP contribution in [0.15, 0.2) is 47.8 Å². The number of anilines is 2. The van der Waals surface area contributed by atoms with Gasteiger partial charge in [0.1, 0.15) is 12.4 Å². The molecule has 168 valence electrons. The molecular formula is C24H29FN6O. The fraction of sp³-hybridized carbons (Fsp3) is 0.333. The molecule has 4 rings (SSSR count). The van der Waals surface area contributed by atoms with Gasteiger partial charge in [-0.25, -0.2) is 9.37 Å². The number of halogens is 1. The molecular weight excluding hydrogens is 407 g/mol. The fourth-order valence-corrected chi connectivity index (χ4v) is 3.72. The highest BCUT2D eigenvalue weighted by Gasteiger charge is 2.23. The lowest BCUT2D eigenvalue weighted by molar-refractivity contribution is 0.307. The Bertz CT molecular complexity index is 1090. The first kappa shape index (κ1) is 21.8. The van der Waals surface area contributed by atoms with Crippen LogP contribution in [0.5, 0.6) is 5.75 Å². The van der Waals surface area contributed by atoms with E-state index < -0.39 is 0 Å². The summed E-state index contributed by atoms with van der Waals surface area (Å²) in [7, 11) is 0. The average molecular weight is 437 g/mol. The van der Waals surface area contributed by atoms with Crippen LogP contribution in [0.25, 0.3) is 5.70 Å². The number of nitrogens with one attached hydrogen (secondary N) is 3. The van der Waals surface area contributed by atoms with Crippen molar-refractivity contribution in [2.24, 2.45) is 11.7 Å². The molecule has 0 atom stereocenters. The maximum absolute atomic E-state index is 14.0. The minimum atomic E-state index is -0.357. The van der Waals surface area contributed by atoms with E-state index in [9.17, 15) is 4.39 Å². The number of hydrogen-bond donors (Lipinski definition) is 5. The molecule has 8 heteroatoms. The Kier molecular flexibility index (Phi) is 6.41. The number of allylic oxidation sites excluding steroid dienone is 2. The molecule has 2 aliphatic rings. The maximum Gasteiger partial charge on any atom is 0.166 e. The summed E-state index contributed by atoms with van der Waals surface area (Å²) in [5.74, 6) is 1.02. The molecule has 0 saturated heterocycles. The van der Waals surface area contributed by atoms with Crippen molar-refractivity contribution >= 4 is 22.9 Å². The number of rotatable bonds is 5. The van der Waals surface area contributed by atoms with Gasteiger partial charge in [-0.1, -0.05) is 0 Å². The summed E-state index contributed by atoms with van der Waals surface area (Å²) in [6.07, 6.45) is 6.42. The number of ether oxygens (including phenoxy) is 1. The summed E-state index contributed by atoms with van der Waals surface area (Å²) in [4.78, 5) is 4.33. The first-order chi connectivity index (χ1) is 15.4. The van der Waals surface area contributed by atoms with Crippen LogP contribution in [0, 0.1) is 17.1 Å². The van der Waals surface area contributed by atoms with E-state index in [1.165, 1.54) is 25.0 Å². The molecule has 0 amide bonds. The van der Waals surface area contributed by atoms with Gasteiger partial charge in [0.2, 0.25) is 0 Å². The third-order valence-corrected chi connectivity index (χ3v) is 5.58. The quantitative estimate of drug-likeness (QED) is 0.455. The minimum Gasteiger partial charge on any atom is -0.485 e. The Balaban J connectivity index is 1.84. The SMILES string of the molecule is CC(=N)/C=C1/C/C(CN)=C(/NCC2CC2)c2cnc(N)c(c2)OCc2cc(F)ccc2N1. The summed E-state index contributed by atoms with van der Waals surface area (Å²) >= 11 is 0. The lowest BCUT2D eigenvalue weighted by Crippen LogP contribution is -2.22. The summed E-state index contributed by atoms with van der Waals surface area (Å²) in [5, 5.41) is 14.9. The molecule has 0 spiro atoms. The van der Waals surface area contributed by atoms with E-state index in [1.807, 2.05) is 6.07 Å². The fourth-order valence-electron chi connectivity index (χ4n) is 3.72. The molecule has 2 aromatic rings. The predicted octanol–water partition coefficient (Wildman–Crippen LogP) is 3.79. The number of benzene rings is 1. The Morgan fingerprint density at radius 3 is 2.91 bits per heavy atom. The molecule has 1 aliphatic carbocycles. The van der Waals surface area contributed by atoms with Crippen LogP contribution in [0.3, 0.4) is 0 Å². The van der Waals surface area contributed by atoms with Crippen LogP contribution in [-0.4, -0.2) is 23.8 Å². The van der Waals surface area contributed by atoms with Gasteiger partial charge in [0.15, 0.2) is 11.6 Å². The molecule has 2 heterocycles. The largest absolute Gasteiger partial charge is 0.485 e. The zero-order chi connectivity index (χ0) is 22.7. The number of fused-ring (bicyclic) bond motifs is 3. The van der Waals surface area contributed by atoms with E-state index in [4.69, 9.17) is 21.6 Å². The molecule has 1 saturated carbocycles. The van der Waals surface area contributed by atoms with Crippen LogP contribution in [0.4, 0.5) is 15.9 Å². The van der Waals surface area contributed by atoms with Gasteiger partial charge in [0, 0.05) is 59.6 Å². The van der Waals surface area contributed by atoms with Crippen molar-refractivity contribution in [3.63, 3.8) is 0 Å². The molecule has 1 aromatic heterocycles. The maximum atomic E-state index is 14.0. The van der Waals surface area contributed by atoms with Crippen molar-refractivity contribution in [2.75, 3.05) is 24.1 Å². The van der Waals surface area contributed by atoms with Gasteiger partial charge in [-0.15, -0.1) is 0 Å². The van der Waals surface area contributed by atoms with E-state index in [0.717, 1.165) is 29.1 Å². The van der Waals surface area contributed by atoms with Gasteiger partial charge >= 0.3 is 0 Å². The Labute approximate surface area is 187 Å². The van der Waals surface area contributed by atoms with Crippen molar-refractivity contribution in [1.29, 1.82) is 5.41 Å². The highest BCUT2D eigenvalue weighted by molar-refractivity contribution is 5.91. The highest BCUT2D eigenvalue weighted by atomic mass is 19.1. The smallest absolute Gasteiger partial charge is 0.166 e. The minimum absolute atomic E-state index is 0.116. The summed E-state index contributed by atoms with van der Waals surface area (Å²) in [6, 6.07) is 6.35. The van der Waals surface area contributed by atoms with Crippen LogP contribution in [0.2, 0.25) is 0 Å². The second-order valence-electron chi connectivity index (χ2n) is 8.36. The summed E-state index contributed by atoms with van der Waals surface area (Å²) in [5.41, 5.74) is 17.5. The van der Waals surface area contributed by atoms with E-state index in [2.05, 4.69) is 15.6 Å². The molecule has 0 unspecified atom stereocenters. The molecule has 2 bridgehead atoms. The monoisotopic (exact) mass is 436 g/mol. The van der Waals surface area contributed by atoms with Crippen LogP contribution in [-0.2, 0) is 6.61 Å². The molecule has 7 N–H and O–H groups in total. The van der Waals surface area contributed by atoms with Crippen molar-refractivity contribution < 1.29 is 9.13 Å². The molecule has 7 nitrogen and oxygen atoms in total. The summed E-state index contributed by atoms with van der Waals surface area (Å²) < 4.78 is 19.9. The number of nitrogen functional groups attached to an aromatic ring is 1. The first-order valence-corrected chi connectivity index (χ1v) is 10.8. The average Bonchev–Trinajstić information content (AvgIpc) is 3.57. The molecule has 32 heavy (non-hydrogen) atoms. The molecule has 1 fully saturated rings. The second-order valence-corrected chi connectivity index (χ2v) is 8.36. The van der Waals surface area contributed by atoms with Crippen molar-refractivity contribution in [3.05, 3.63) is 64.8 Å². The van der Waals surface area contributed by atoms with Gasteiger partial charge in [-0.2, -0.15) is 0 Å². The van der Waals surface area contributed by atoms with Crippen molar-refractivity contribution in [3.8, 4) is 5.75 Å². The highest BCUT2D eigenvalue weighted by Crippen LogP contribution is 2.32. The number of nitrogens with zero attached hydrogens (tertiary/aromatic N) is 1. The Morgan fingerprint density at radius 2 is 2.19 bits per heavy atom. The normalized spacial score (nSPS) is 19.8. The zero-order valence-corrected chi connectivity index (χ0v) is 18.2. The van der Waals surface area contributed by atoms with E-state index >= 15 is 0 Å². The predicted molar refractivity (Wildman–Crippen MR) is 126 cm³/mol. The van der Waals surface area contributed by atoms with Gasteiger partial charge in [-0.05, 0) is 61.6 Å². The number of pyridine rings is 1. The molecule has 1 aliphatic heterocycles. The number of aromatic nitrogens is 1. The standard InChI is InChI=1S/C24H29FN6O/c1-14(27)6-20-8-16(10-26)23(29-11-15-2-3-15)17-9-22(24(28)30-12-17)32-13-18-7-19(25)4-5-21(18)31-20/h4-7,9,12,15,27,29,31H,2-3,8,10-11,13,26H2,1H3,(H2,28,30)/b20-6-,23-16-,27-14?. The van der Waals surface area contributed by atoms with E-state index in [-0.39, 0.29) is 18.2 Å². The second kappa shape index (κ2) is 9.40. The van der Waals surface area contributed by atoms with Crippen LogP contribution in [0.1, 0.15) is 37.3 Å². The van der Waals surface area contributed by atoms with Crippen LogP contribution < -0.4 is 26.8 Å². The van der Waals surface area contributed by atoms with E-state index in [0.29, 0.717) is 41.6 Å². The lowest BCUT2D eigenvalue weighted by atomic mass is 10.0. The zero-order valence-electron chi connectivity index (χ0n) is 18.2. The topological polar surface area (TPSA) is 122 Å². The van der Waals surface area contributed by atoms with Gasteiger partial charge in [-0.3, -0.25) is 0 Å². The lowest BCUT2D eigenvalue weighted by Gasteiger charge is -2.22. The third-order valence-electron chi connectivity index (χ3n) is 5.58. The Morgan fingerprint density at radius 1 is 1.38 bits per heavy atom. The van der Waals surface area contributed by atoms with Gasteiger partial charge in [0.05, 0.1) is 0 Å². The van der Waals surface area contributed by atoms with Gasteiger partial charge in [0.25, 0.3) is 0 Å². The molecule has 1 aromatic carbocycles. The molecule has 0 radical (unpaired) electrons. The Hall–Kier alpha value is -3.39. The summed E-state index contributed by atoms with van der Waals surface area (Å²) in [6.45, 7) is 3.01. The number of nitrogens with two attached hydrogens (primary N) is 2.